The van der Waals surface area contributed by atoms with Crippen molar-refractivity contribution in [3.05, 3.63) is 216 Å². The van der Waals surface area contributed by atoms with Gasteiger partial charge < -0.3 is 15.6 Å². The van der Waals surface area contributed by atoms with Crippen molar-refractivity contribution in [1.82, 2.24) is 0 Å². The predicted molar refractivity (Wildman–Crippen MR) is 254 cm³/mol. The Balaban J connectivity index is 0.000000135. The smallest absolute Gasteiger partial charge is 0.136 e. The van der Waals surface area contributed by atoms with Crippen LogP contribution in [0.5, 0.6) is 0 Å². The highest BCUT2D eigenvalue weighted by molar-refractivity contribution is 6.14. The monoisotopic (exact) mass is 775 g/mol. The van der Waals surface area contributed by atoms with Gasteiger partial charge in [0, 0.05) is 33.5 Å². The maximum Gasteiger partial charge on any atom is 0.136 e. The minimum absolute atomic E-state index is 0.0260. The van der Waals surface area contributed by atoms with Crippen molar-refractivity contribution in [2.45, 2.75) is 26.2 Å². The van der Waals surface area contributed by atoms with E-state index in [0.29, 0.717) is 0 Å². The number of rotatable bonds is 4. The van der Waals surface area contributed by atoms with E-state index in [1.807, 2.05) is 54.6 Å². The van der Waals surface area contributed by atoms with Gasteiger partial charge in [0.15, 0.2) is 0 Å². The van der Waals surface area contributed by atoms with Gasteiger partial charge in [0.25, 0.3) is 0 Å². The minimum Gasteiger partial charge on any atom is -0.456 e. The number of aryl methyl sites for hydroxylation is 1. The van der Waals surface area contributed by atoms with Gasteiger partial charge in [0.1, 0.15) is 17.0 Å². The molecule has 1 aliphatic rings. The van der Waals surface area contributed by atoms with Gasteiger partial charge in [0.2, 0.25) is 0 Å². The molecule has 4 heteroatoms. The lowest BCUT2D eigenvalue weighted by molar-refractivity contribution is 0.662. The number of hydrogen-bond donors (Lipinski definition) is 3. The first kappa shape index (κ1) is 38.0. The molecule has 0 spiro atoms. The van der Waals surface area contributed by atoms with Crippen LogP contribution in [0.2, 0.25) is 0 Å². The average molecular weight is 776 g/mol. The molecule has 0 saturated carbocycles. The predicted octanol–water partition coefficient (Wildman–Crippen LogP) is 14.5. The summed E-state index contributed by atoms with van der Waals surface area (Å²) in [5.74, 6) is 0.104. The molecule has 60 heavy (non-hydrogen) atoms. The number of furan rings is 1. The van der Waals surface area contributed by atoms with Gasteiger partial charge in [-0.2, -0.15) is 0 Å². The first-order valence-electron chi connectivity index (χ1n) is 20.3. The van der Waals surface area contributed by atoms with Crippen LogP contribution < -0.4 is 5.73 Å². The van der Waals surface area contributed by atoms with Gasteiger partial charge in [-0.05, 0) is 97.2 Å². The number of amidine groups is 1. The molecule has 0 aliphatic heterocycles. The summed E-state index contributed by atoms with van der Waals surface area (Å²) in [6.07, 6.45) is 1.39. The number of benzene rings is 9. The SMILES string of the molecule is CC1(C)c2ccccc2-c2cccc(-c3ccc(C(=N)N)cc3)c21.Cc1ccccc1.N=Cc1cccc2oc3ccc(-c4ccc5ccc6ccccc6c5c4)cc3c12. The largest absolute Gasteiger partial charge is 0.456 e. The van der Waals surface area contributed by atoms with E-state index in [0.717, 1.165) is 44.2 Å². The van der Waals surface area contributed by atoms with Crippen LogP contribution in [0, 0.1) is 17.7 Å². The summed E-state index contributed by atoms with van der Waals surface area (Å²) in [5.41, 5.74) is 20.3. The number of hydrogen-bond acceptors (Lipinski definition) is 3. The van der Waals surface area contributed by atoms with Crippen LogP contribution in [0.15, 0.2) is 192 Å². The third kappa shape index (κ3) is 6.92. The van der Waals surface area contributed by atoms with Crippen molar-refractivity contribution < 1.29 is 4.42 Å². The van der Waals surface area contributed by atoms with Crippen LogP contribution in [0.4, 0.5) is 0 Å². The van der Waals surface area contributed by atoms with E-state index in [1.165, 1.54) is 66.7 Å². The standard InChI is InChI=1S/C27H17NO.C22H20N2.C7H8/c28-16-21-5-3-7-26-27(21)24-15-20(12-13-25(24)29-26)19-11-10-18-9-8-17-4-1-2-6-22(17)23(18)14-19;1-22(2)19-9-4-3-6-17(19)18-8-5-7-16(20(18)22)14-10-12-15(13-11-14)21(23)24;1-7-5-3-2-4-6-7/h1-16,28H;3-13H,1-2H3,(H3,23,24);2-6H,1H3. The number of nitrogens with one attached hydrogen (secondary N) is 2. The molecule has 1 aliphatic carbocycles. The minimum atomic E-state index is -0.0260. The molecule has 0 amide bonds. The van der Waals surface area contributed by atoms with Crippen molar-refractivity contribution in [2.75, 3.05) is 0 Å². The number of nitrogens with two attached hydrogens (primary N) is 1. The molecular formula is C56H45N3O. The molecule has 4 nitrogen and oxygen atoms in total. The zero-order chi connectivity index (χ0) is 41.4. The Kier molecular flexibility index (Phi) is 9.91. The maximum absolute atomic E-state index is 7.76. The molecule has 290 valence electrons. The molecule has 1 aromatic heterocycles. The van der Waals surface area contributed by atoms with Gasteiger partial charge >= 0.3 is 0 Å². The molecule has 0 fully saturated rings. The Morgan fingerprint density at radius 3 is 1.87 bits per heavy atom. The Bertz CT molecular complexity index is 3230. The van der Waals surface area contributed by atoms with E-state index in [9.17, 15) is 0 Å². The summed E-state index contributed by atoms with van der Waals surface area (Å²) >= 11 is 0. The molecule has 1 heterocycles. The van der Waals surface area contributed by atoms with E-state index in [2.05, 4.69) is 154 Å². The van der Waals surface area contributed by atoms with Crippen molar-refractivity contribution in [1.29, 1.82) is 10.8 Å². The second-order valence-electron chi connectivity index (χ2n) is 15.9. The van der Waals surface area contributed by atoms with E-state index in [4.69, 9.17) is 21.0 Å². The summed E-state index contributed by atoms with van der Waals surface area (Å²) in [7, 11) is 0. The molecule has 9 aromatic carbocycles. The Morgan fingerprint density at radius 2 is 1.13 bits per heavy atom. The summed E-state index contributed by atoms with van der Waals surface area (Å²) in [6.45, 7) is 6.68. The Labute approximate surface area is 350 Å². The maximum atomic E-state index is 7.76. The first-order valence-corrected chi connectivity index (χ1v) is 20.3. The van der Waals surface area contributed by atoms with Crippen molar-refractivity contribution in [2.24, 2.45) is 5.73 Å². The molecule has 0 atom stereocenters. The zero-order valence-corrected chi connectivity index (χ0v) is 34.0. The van der Waals surface area contributed by atoms with E-state index < -0.39 is 0 Å². The Hall–Kier alpha value is -7.56. The van der Waals surface area contributed by atoms with E-state index >= 15 is 0 Å². The van der Waals surface area contributed by atoms with Crippen LogP contribution in [-0.2, 0) is 5.41 Å². The van der Waals surface area contributed by atoms with E-state index in [1.54, 1.807) is 0 Å². The molecule has 0 saturated heterocycles. The van der Waals surface area contributed by atoms with Gasteiger partial charge in [-0.25, -0.2) is 0 Å². The molecule has 0 unspecified atom stereocenters. The number of fused-ring (bicyclic) bond motifs is 9. The summed E-state index contributed by atoms with van der Waals surface area (Å²) < 4.78 is 6.01. The summed E-state index contributed by atoms with van der Waals surface area (Å²) in [4.78, 5) is 0. The van der Waals surface area contributed by atoms with Gasteiger partial charge in [0.05, 0.1) is 0 Å². The molecule has 10 aromatic rings. The highest BCUT2D eigenvalue weighted by Crippen LogP contribution is 2.52. The van der Waals surface area contributed by atoms with Crippen LogP contribution in [0.25, 0.3) is 76.9 Å². The molecule has 4 N–H and O–H groups in total. The third-order valence-corrected chi connectivity index (χ3v) is 11.8. The number of nitrogen functional groups attached to an aromatic ring is 1. The average Bonchev–Trinajstić information content (AvgIpc) is 3.78. The van der Waals surface area contributed by atoms with Gasteiger partial charge in [-0.1, -0.05) is 183 Å². The zero-order valence-electron chi connectivity index (χ0n) is 34.0. The molecular weight excluding hydrogens is 731 g/mol. The van der Waals surface area contributed by atoms with Crippen molar-refractivity contribution in [3.8, 4) is 33.4 Å². The lowest BCUT2D eigenvalue weighted by Crippen LogP contribution is -2.16. The second-order valence-corrected chi connectivity index (χ2v) is 15.9. The lowest BCUT2D eigenvalue weighted by atomic mass is 9.79. The fraction of sp³-hybridized carbons (Fsp3) is 0.0714. The highest BCUT2D eigenvalue weighted by atomic mass is 16.3. The van der Waals surface area contributed by atoms with E-state index in [-0.39, 0.29) is 11.3 Å². The van der Waals surface area contributed by atoms with Gasteiger partial charge in [-0.3, -0.25) is 5.41 Å². The first-order chi connectivity index (χ1) is 29.2. The quantitative estimate of drug-likeness (QED) is 0.0944. The van der Waals surface area contributed by atoms with Crippen LogP contribution in [-0.4, -0.2) is 12.1 Å². The third-order valence-electron chi connectivity index (χ3n) is 11.8. The molecule has 0 radical (unpaired) electrons. The molecule has 11 rings (SSSR count). The van der Waals surface area contributed by atoms with Crippen molar-refractivity contribution in [3.63, 3.8) is 0 Å². The highest BCUT2D eigenvalue weighted by Gasteiger charge is 2.37. The fourth-order valence-electron chi connectivity index (χ4n) is 8.79. The summed E-state index contributed by atoms with van der Waals surface area (Å²) in [6, 6.07) is 65.2. The Morgan fingerprint density at radius 1 is 0.533 bits per heavy atom. The summed E-state index contributed by atoms with van der Waals surface area (Å²) in [5, 5.41) is 22.4. The topological polar surface area (TPSA) is 86.9 Å². The van der Waals surface area contributed by atoms with Gasteiger partial charge in [-0.15, -0.1) is 0 Å². The fourth-order valence-corrected chi connectivity index (χ4v) is 8.79. The molecule has 0 bridgehead atoms. The van der Waals surface area contributed by atoms with Crippen LogP contribution in [0.3, 0.4) is 0 Å². The van der Waals surface area contributed by atoms with Crippen LogP contribution >= 0.6 is 0 Å². The normalized spacial score (nSPS) is 12.2. The lowest BCUT2D eigenvalue weighted by Gasteiger charge is -2.24. The van der Waals surface area contributed by atoms with Crippen molar-refractivity contribution >= 4 is 55.5 Å². The van der Waals surface area contributed by atoms with Crippen LogP contribution in [0.1, 0.15) is 41.7 Å². The second kappa shape index (κ2) is 15.7.